The number of morpholine rings is 1. The van der Waals surface area contributed by atoms with Gasteiger partial charge in [0.15, 0.2) is 0 Å². The van der Waals surface area contributed by atoms with Gasteiger partial charge in [-0.3, -0.25) is 4.68 Å². The van der Waals surface area contributed by atoms with E-state index in [0.29, 0.717) is 0 Å². The van der Waals surface area contributed by atoms with Crippen LogP contribution in [0.25, 0.3) is 10.9 Å². The van der Waals surface area contributed by atoms with E-state index in [0.717, 1.165) is 26.3 Å². The molecule has 3 nitrogen and oxygen atoms in total. The molecular weight excluding hydrogens is 188 g/mol. The van der Waals surface area contributed by atoms with E-state index in [4.69, 9.17) is 4.74 Å². The molecule has 3 heteroatoms. The molecule has 1 aromatic carbocycles. The molecule has 3 rings (SSSR count). The van der Waals surface area contributed by atoms with Gasteiger partial charge in [-0.1, -0.05) is 18.2 Å². The summed E-state index contributed by atoms with van der Waals surface area (Å²) in [5.74, 6) is 0. The molecule has 0 atom stereocenters. The average molecular weight is 202 g/mol. The summed E-state index contributed by atoms with van der Waals surface area (Å²) in [7, 11) is 0. The third-order valence-corrected chi connectivity index (χ3v) is 2.87. The van der Waals surface area contributed by atoms with Crippen molar-refractivity contribution in [3.63, 3.8) is 0 Å². The third kappa shape index (κ3) is 1.49. The topological polar surface area (TPSA) is 17.4 Å². The van der Waals surface area contributed by atoms with Crippen LogP contribution in [0.3, 0.4) is 0 Å². The SMILES string of the molecule is c1ccc2c(c1)ccn2N1CCOCC1. The predicted octanol–water partition coefficient (Wildman–Crippen LogP) is 1.61. The molecule has 2 aromatic rings. The van der Waals surface area contributed by atoms with Crippen molar-refractivity contribution in [2.45, 2.75) is 0 Å². The lowest BCUT2D eigenvalue weighted by atomic mass is 10.3. The number of ether oxygens (including phenoxy) is 1. The van der Waals surface area contributed by atoms with Crippen LogP contribution in [-0.4, -0.2) is 31.0 Å². The van der Waals surface area contributed by atoms with Crippen molar-refractivity contribution in [3.8, 4) is 0 Å². The van der Waals surface area contributed by atoms with E-state index in [9.17, 15) is 0 Å². The number of nitrogens with zero attached hydrogens (tertiary/aromatic N) is 2. The van der Waals surface area contributed by atoms with Gasteiger partial charge in [0.2, 0.25) is 0 Å². The van der Waals surface area contributed by atoms with Crippen LogP contribution in [0.4, 0.5) is 0 Å². The minimum Gasteiger partial charge on any atom is -0.378 e. The summed E-state index contributed by atoms with van der Waals surface area (Å²) < 4.78 is 7.59. The van der Waals surface area contributed by atoms with Gasteiger partial charge in [-0.2, -0.15) is 0 Å². The first-order chi connectivity index (χ1) is 7.45. The lowest BCUT2D eigenvalue weighted by Gasteiger charge is -2.30. The van der Waals surface area contributed by atoms with Crippen LogP contribution in [0, 0.1) is 0 Å². The Kier molecular flexibility index (Phi) is 2.10. The van der Waals surface area contributed by atoms with Crippen LogP contribution in [-0.2, 0) is 4.74 Å². The summed E-state index contributed by atoms with van der Waals surface area (Å²) in [6.45, 7) is 3.59. The fraction of sp³-hybridized carbons (Fsp3) is 0.333. The van der Waals surface area contributed by atoms with E-state index < -0.39 is 0 Å². The molecular formula is C12H14N2O. The molecule has 1 aromatic heterocycles. The molecule has 0 spiro atoms. The first kappa shape index (κ1) is 8.80. The number of para-hydroxylation sites is 1. The molecule has 1 saturated heterocycles. The van der Waals surface area contributed by atoms with E-state index in [1.165, 1.54) is 10.9 Å². The van der Waals surface area contributed by atoms with Gasteiger partial charge in [0.05, 0.1) is 31.8 Å². The summed E-state index contributed by atoms with van der Waals surface area (Å²) in [4.78, 5) is 0. The summed E-state index contributed by atoms with van der Waals surface area (Å²) in [5, 5.41) is 3.62. The van der Waals surface area contributed by atoms with Crippen molar-refractivity contribution in [1.29, 1.82) is 0 Å². The first-order valence-corrected chi connectivity index (χ1v) is 5.34. The molecule has 78 valence electrons. The van der Waals surface area contributed by atoms with Crippen molar-refractivity contribution in [3.05, 3.63) is 36.5 Å². The van der Waals surface area contributed by atoms with E-state index in [1.807, 2.05) is 0 Å². The van der Waals surface area contributed by atoms with Gasteiger partial charge in [0, 0.05) is 11.6 Å². The van der Waals surface area contributed by atoms with Crippen molar-refractivity contribution >= 4 is 10.9 Å². The number of hydrogen-bond acceptors (Lipinski definition) is 2. The smallest absolute Gasteiger partial charge is 0.0694 e. The molecule has 1 aliphatic rings. The second-order valence-electron chi connectivity index (χ2n) is 3.79. The Labute approximate surface area is 88.8 Å². The highest BCUT2D eigenvalue weighted by atomic mass is 16.5. The van der Waals surface area contributed by atoms with Gasteiger partial charge in [-0.25, -0.2) is 0 Å². The minimum absolute atomic E-state index is 0.826. The average Bonchev–Trinajstić information content (AvgIpc) is 2.74. The highest BCUT2D eigenvalue weighted by molar-refractivity contribution is 5.80. The molecule has 0 radical (unpaired) electrons. The molecule has 0 amide bonds. The third-order valence-electron chi connectivity index (χ3n) is 2.87. The number of benzene rings is 1. The zero-order valence-corrected chi connectivity index (χ0v) is 8.60. The molecule has 2 heterocycles. The maximum Gasteiger partial charge on any atom is 0.0694 e. The highest BCUT2D eigenvalue weighted by Gasteiger charge is 2.11. The van der Waals surface area contributed by atoms with Crippen molar-refractivity contribution in [2.75, 3.05) is 31.3 Å². The number of rotatable bonds is 1. The highest BCUT2D eigenvalue weighted by Crippen LogP contribution is 2.15. The lowest BCUT2D eigenvalue weighted by molar-refractivity contribution is 0.112. The summed E-state index contributed by atoms with van der Waals surface area (Å²) >= 11 is 0. The number of fused-ring (bicyclic) bond motifs is 1. The molecule has 1 aliphatic heterocycles. The van der Waals surface area contributed by atoms with Gasteiger partial charge >= 0.3 is 0 Å². The van der Waals surface area contributed by atoms with Crippen LogP contribution < -0.4 is 5.01 Å². The Morgan fingerprint density at radius 2 is 1.80 bits per heavy atom. The first-order valence-electron chi connectivity index (χ1n) is 5.34. The Bertz CT molecular complexity index is 457. The summed E-state index contributed by atoms with van der Waals surface area (Å²) in [6.07, 6.45) is 2.13. The Morgan fingerprint density at radius 1 is 1.00 bits per heavy atom. The quantitative estimate of drug-likeness (QED) is 0.699. The zero-order chi connectivity index (χ0) is 10.1. The molecule has 0 unspecified atom stereocenters. The molecule has 1 fully saturated rings. The zero-order valence-electron chi connectivity index (χ0n) is 8.60. The van der Waals surface area contributed by atoms with Crippen LogP contribution >= 0.6 is 0 Å². The van der Waals surface area contributed by atoms with Crippen LogP contribution in [0.15, 0.2) is 36.5 Å². The predicted molar refractivity (Wildman–Crippen MR) is 60.7 cm³/mol. The van der Waals surface area contributed by atoms with Crippen LogP contribution in [0.5, 0.6) is 0 Å². The standard InChI is InChI=1S/C12H14N2O/c1-2-4-12-11(3-1)5-6-14(12)13-7-9-15-10-8-13/h1-6H,7-10H2. The number of hydrogen-bond donors (Lipinski definition) is 0. The van der Waals surface area contributed by atoms with Gasteiger partial charge < -0.3 is 9.75 Å². The van der Waals surface area contributed by atoms with Crippen molar-refractivity contribution < 1.29 is 4.74 Å². The summed E-state index contributed by atoms with van der Waals surface area (Å²) in [5.41, 5.74) is 1.28. The largest absolute Gasteiger partial charge is 0.378 e. The normalized spacial score (nSPS) is 17.2. The Balaban J connectivity index is 2.02. The Hall–Kier alpha value is -1.48. The van der Waals surface area contributed by atoms with Crippen LogP contribution in [0.1, 0.15) is 0 Å². The van der Waals surface area contributed by atoms with Gasteiger partial charge in [-0.15, -0.1) is 0 Å². The number of aromatic nitrogens is 1. The lowest BCUT2D eigenvalue weighted by Crippen LogP contribution is -2.43. The van der Waals surface area contributed by atoms with Gasteiger partial charge in [0.25, 0.3) is 0 Å². The maximum atomic E-state index is 5.35. The molecule has 15 heavy (non-hydrogen) atoms. The fourth-order valence-corrected chi connectivity index (χ4v) is 2.08. The Morgan fingerprint density at radius 3 is 2.67 bits per heavy atom. The fourth-order valence-electron chi connectivity index (χ4n) is 2.08. The second-order valence-corrected chi connectivity index (χ2v) is 3.79. The van der Waals surface area contributed by atoms with Crippen molar-refractivity contribution in [2.24, 2.45) is 0 Å². The molecule has 0 saturated carbocycles. The monoisotopic (exact) mass is 202 g/mol. The minimum atomic E-state index is 0.826. The van der Waals surface area contributed by atoms with E-state index in [-0.39, 0.29) is 0 Å². The van der Waals surface area contributed by atoms with Gasteiger partial charge in [0.1, 0.15) is 0 Å². The van der Waals surface area contributed by atoms with Gasteiger partial charge in [-0.05, 0) is 12.1 Å². The van der Waals surface area contributed by atoms with E-state index in [1.54, 1.807) is 0 Å². The van der Waals surface area contributed by atoms with Crippen LogP contribution in [0.2, 0.25) is 0 Å². The van der Waals surface area contributed by atoms with E-state index in [2.05, 4.69) is 46.2 Å². The second kappa shape index (κ2) is 3.59. The molecule has 0 N–H and O–H groups in total. The molecule has 0 aliphatic carbocycles. The summed E-state index contributed by atoms with van der Waals surface area (Å²) in [6, 6.07) is 10.6. The van der Waals surface area contributed by atoms with Crippen molar-refractivity contribution in [1.82, 2.24) is 4.68 Å². The molecule has 0 bridgehead atoms. The maximum absolute atomic E-state index is 5.35. The van der Waals surface area contributed by atoms with E-state index >= 15 is 0 Å².